The van der Waals surface area contributed by atoms with Crippen LogP contribution in [0.1, 0.15) is 6.42 Å². The Balaban J connectivity index is 2.12. The molecule has 0 unspecified atom stereocenters. The quantitative estimate of drug-likeness (QED) is 0.854. The first-order valence-corrected chi connectivity index (χ1v) is 6.42. The van der Waals surface area contributed by atoms with Crippen molar-refractivity contribution in [2.24, 2.45) is 0 Å². The molecule has 1 aromatic heterocycles. The molecule has 1 amide bonds. The van der Waals surface area contributed by atoms with Gasteiger partial charge < -0.3 is 5.32 Å². The summed E-state index contributed by atoms with van der Waals surface area (Å²) in [4.78, 5) is 11.5. The number of anilines is 1. The Bertz CT molecular complexity index is 495. The van der Waals surface area contributed by atoms with Crippen LogP contribution >= 0.6 is 11.8 Å². The lowest BCUT2D eigenvalue weighted by molar-refractivity contribution is -0.115. The van der Waals surface area contributed by atoms with Crippen LogP contribution in [0.2, 0.25) is 0 Å². The van der Waals surface area contributed by atoms with E-state index in [1.165, 1.54) is 0 Å². The SMILES string of the molecule is CSCCC(=O)Nc1n[nH]c2ccccc12. The van der Waals surface area contributed by atoms with Gasteiger partial charge in [-0.3, -0.25) is 9.89 Å². The van der Waals surface area contributed by atoms with Crippen LogP contribution in [-0.2, 0) is 4.79 Å². The number of aromatic nitrogens is 2. The molecule has 0 saturated carbocycles. The molecule has 2 aromatic rings. The molecule has 1 aromatic carbocycles. The fraction of sp³-hybridized carbons (Fsp3) is 0.273. The van der Waals surface area contributed by atoms with Crippen LogP contribution in [-0.4, -0.2) is 28.1 Å². The fourth-order valence-corrected chi connectivity index (χ4v) is 1.84. The second kappa shape index (κ2) is 5.03. The van der Waals surface area contributed by atoms with E-state index in [1.54, 1.807) is 11.8 Å². The average molecular weight is 235 g/mol. The molecule has 0 atom stereocenters. The third kappa shape index (κ3) is 2.36. The molecule has 0 aliphatic carbocycles. The zero-order valence-corrected chi connectivity index (χ0v) is 9.80. The van der Waals surface area contributed by atoms with Crippen LogP contribution in [0.5, 0.6) is 0 Å². The first-order chi connectivity index (χ1) is 7.81. The molecule has 2 rings (SSSR count). The molecule has 84 valence electrons. The molecule has 0 aliphatic heterocycles. The molecular weight excluding hydrogens is 222 g/mol. The lowest BCUT2D eigenvalue weighted by Crippen LogP contribution is -2.12. The van der Waals surface area contributed by atoms with Crippen molar-refractivity contribution in [3.8, 4) is 0 Å². The van der Waals surface area contributed by atoms with E-state index in [0.29, 0.717) is 12.2 Å². The van der Waals surface area contributed by atoms with E-state index in [4.69, 9.17) is 0 Å². The summed E-state index contributed by atoms with van der Waals surface area (Å²) in [5.41, 5.74) is 0.933. The number of hydrogen-bond donors (Lipinski definition) is 2. The smallest absolute Gasteiger partial charge is 0.226 e. The Labute approximate surface area is 97.8 Å². The van der Waals surface area contributed by atoms with Gasteiger partial charge in [-0.25, -0.2) is 0 Å². The predicted molar refractivity (Wildman–Crippen MR) is 67.7 cm³/mol. The number of H-pyrrole nitrogens is 1. The minimum absolute atomic E-state index is 0.00611. The minimum Gasteiger partial charge on any atom is -0.309 e. The summed E-state index contributed by atoms with van der Waals surface area (Å²) in [5.74, 6) is 1.45. The summed E-state index contributed by atoms with van der Waals surface area (Å²) in [6.07, 6.45) is 2.50. The summed E-state index contributed by atoms with van der Waals surface area (Å²) in [6.45, 7) is 0. The Hall–Kier alpha value is -1.49. The summed E-state index contributed by atoms with van der Waals surface area (Å²) in [7, 11) is 0. The number of aromatic amines is 1. The topological polar surface area (TPSA) is 57.8 Å². The van der Waals surface area contributed by atoms with Crippen LogP contribution in [0.15, 0.2) is 24.3 Å². The highest BCUT2D eigenvalue weighted by molar-refractivity contribution is 7.98. The summed E-state index contributed by atoms with van der Waals surface area (Å²) in [5, 5.41) is 10.7. The highest BCUT2D eigenvalue weighted by Gasteiger charge is 2.07. The van der Waals surface area contributed by atoms with Crippen LogP contribution < -0.4 is 5.32 Å². The van der Waals surface area contributed by atoms with Gasteiger partial charge in [-0.15, -0.1) is 0 Å². The van der Waals surface area contributed by atoms with Crippen LogP contribution in [0.4, 0.5) is 5.82 Å². The van der Waals surface area contributed by atoms with Crippen molar-refractivity contribution in [1.29, 1.82) is 0 Å². The van der Waals surface area contributed by atoms with E-state index in [-0.39, 0.29) is 5.91 Å². The van der Waals surface area contributed by atoms with Gasteiger partial charge in [0.2, 0.25) is 5.91 Å². The van der Waals surface area contributed by atoms with Gasteiger partial charge in [0.1, 0.15) is 0 Å². The maximum atomic E-state index is 11.5. The second-order valence-electron chi connectivity index (χ2n) is 3.41. The number of thioether (sulfide) groups is 1. The normalized spacial score (nSPS) is 10.6. The molecule has 0 spiro atoms. The van der Waals surface area contributed by atoms with Crippen molar-refractivity contribution in [2.75, 3.05) is 17.3 Å². The van der Waals surface area contributed by atoms with Crippen molar-refractivity contribution in [2.45, 2.75) is 6.42 Å². The molecule has 4 nitrogen and oxygen atoms in total. The van der Waals surface area contributed by atoms with Crippen molar-refractivity contribution < 1.29 is 4.79 Å². The predicted octanol–water partition coefficient (Wildman–Crippen LogP) is 2.25. The Morgan fingerprint density at radius 1 is 1.50 bits per heavy atom. The number of fused-ring (bicyclic) bond motifs is 1. The standard InChI is InChI=1S/C11H13N3OS/c1-16-7-6-10(15)12-11-8-4-2-3-5-9(8)13-14-11/h2-5H,6-7H2,1H3,(H2,12,13,14,15). The van der Waals surface area contributed by atoms with Gasteiger partial charge in [0.05, 0.1) is 5.52 Å². The van der Waals surface area contributed by atoms with Gasteiger partial charge in [0.25, 0.3) is 0 Å². The first-order valence-electron chi connectivity index (χ1n) is 5.03. The molecule has 0 bridgehead atoms. The number of amides is 1. The molecular formula is C11H13N3OS. The molecule has 16 heavy (non-hydrogen) atoms. The van der Waals surface area contributed by atoms with Gasteiger partial charge in [-0.1, -0.05) is 12.1 Å². The van der Waals surface area contributed by atoms with Gasteiger partial charge in [0, 0.05) is 17.6 Å². The molecule has 5 heteroatoms. The molecule has 0 radical (unpaired) electrons. The van der Waals surface area contributed by atoms with E-state index in [0.717, 1.165) is 16.7 Å². The van der Waals surface area contributed by atoms with E-state index in [9.17, 15) is 4.79 Å². The number of nitrogens with one attached hydrogen (secondary N) is 2. The van der Waals surface area contributed by atoms with Crippen LogP contribution in [0, 0.1) is 0 Å². The van der Waals surface area contributed by atoms with Gasteiger partial charge >= 0.3 is 0 Å². The van der Waals surface area contributed by atoms with Crippen molar-refractivity contribution >= 4 is 34.4 Å². The Morgan fingerprint density at radius 3 is 3.12 bits per heavy atom. The van der Waals surface area contributed by atoms with E-state index < -0.39 is 0 Å². The highest BCUT2D eigenvalue weighted by atomic mass is 32.2. The lowest BCUT2D eigenvalue weighted by Gasteiger charge is -2.00. The minimum atomic E-state index is 0.00611. The van der Waals surface area contributed by atoms with Crippen LogP contribution in [0.3, 0.4) is 0 Å². The second-order valence-corrected chi connectivity index (χ2v) is 4.39. The zero-order valence-electron chi connectivity index (χ0n) is 8.99. The fourth-order valence-electron chi connectivity index (χ4n) is 1.45. The van der Waals surface area contributed by atoms with Crippen molar-refractivity contribution in [3.63, 3.8) is 0 Å². The molecule has 0 aliphatic rings. The average Bonchev–Trinajstić information content (AvgIpc) is 2.70. The zero-order chi connectivity index (χ0) is 11.4. The van der Waals surface area contributed by atoms with Crippen molar-refractivity contribution in [3.05, 3.63) is 24.3 Å². The maximum absolute atomic E-state index is 11.5. The molecule has 2 N–H and O–H groups in total. The number of benzene rings is 1. The highest BCUT2D eigenvalue weighted by Crippen LogP contribution is 2.19. The van der Waals surface area contributed by atoms with Gasteiger partial charge in [-0.2, -0.15) is 16.9 Å². The number of para-hydroxylation sites is 1. The molecule has 0 fully saturated rings. The summed E-state index contributed by atoms with van der Waals surface area (Å²) >= 11 is 1.66. The molecule has 1 heterocycles. The van der Waals surface area contributed by atoms with Gasteiger partial charge in [0.15, 0.2) is 5.82 Å². The monoisotopic (exact) mass is 235 g/mol. The number of rotatable bonds is 4. The number of carbonyl (C=O) groups is 1. The lowest BCUT2D eigenvalue weighted by atomic mass is 10.2. The molecule has 0 saturated heterocycles. The Kier molecular flexibility index (Phi) is 3.46. The third-order valence-electron chi connectivity index (χ3n) is 2.26. The first kappa shape index (κ1) is 11.0. The summed E-state index contributed by atoms with van der Waals surface area (Å²) in [6, 6.07) is 7.72. The number of hydrogen-bond acceptors (Lipinski definition) is 3. The van der Waals surface area contributed by atoms with E-state index in [1.807, 2.05) is 30.5 Å². The van der Waals surface area contributed by atoms with Crippen molar-refractivity contribution in [1.82, 2.24) is 10.2 Å². The van der Waals surface area contributed by atoms with Crippen LogP contribution in [0.25, 0.3) is 10.9 Å². The van der Waals surface area contributed by atoms with E-state index >= 15 is 0 Å². The number of nitrogens with zero attached hydrogens (tertiary/aromatic N) is 1. The van der Waals surface area contributed by atoms with Gasteiger partial charge in [-0.05, 0) is 18.4 Å². The largest absolute Gasteiger partial charge is 0.309 e. The summed E-state index contributed by atoms with van der Waals surface area (Å²) < 4.78 is 0. The Morgan fingerprint density at radius 2 is 2.31 bits per heavy atom. The van der Waals surface area contributed by atoms with E-state index in [2.05, 4.69) is 15.5 Å². The maximum Gasteiger partial charge on any atom is 0.226 e. The number of carbonyl (C=O) groups excluding carboxylic acids is 1. The third-order valence-corrected chi connectivity index (χ3v) is 2.87.